The summed E-state index contributed by atoms with van der Waals surface area (Å²) in [6.45, 7) is 8.90. The van der Waals surface area contributed by atoms with Crippen molar-refractivity contribution in [1.29, 1.82) is 0 Å². The molecule has 0 aliphatic heterocycles. The molecule has 0 aliphatic carbocycles. The lowest BCUT2D eigenvalue weighted by atomic mass is 9.88. The molecular formula is C16H28N2O2. The summed E-state index contributed by atoms with van der Waals surface area (Å²) >= 11 is 0. The molecule has 0 amide bonds. The average Bonchev–Trinajstić information content (AvgIpc) is 2.51. The fourth-order valence-electron chi connectivity index (χ4n) is 1.99. The van der Waals surface area contributed by atoms with Gasteiger partial charge in [-0.2, -0.15) is 0 Å². The highest BCUT2D eigenvalue weighted by molar-refractivity contribution is 5.55. The van der Waals surface area contributed by atoms with Gasteiger partial charge in [-0.25, -0.2) is 0 Å². The molecule has 0 fully saturated rings. The molecule has 0 saturated carbocycles. The Morgan fingerprint density at radius 3 is 2.25 bits per heavy atom. The van der Waals surface area contributed by atoms with Crippen LogP contribution in [0.25, 0.3) is 0 Å². The second-order valence-electron chi connectivity index (χ2n) is 5.53. The van der Waals surface area contributed by atoms with E-state index in [0.717, 1.165) is 30.9 Å². The Balaban J connectivity index is 2.62. The Kier molecular flexibility index (Phi) is 6.82. The van der Waals surface area contributed by atoms with E-state index in [2.05, 4.69) is 43.1 Å². The van der Waals surface area contributed by atoms with Crippen molar-refractivity contribution < 1.29 is 10.2 Å². The van der Waals surface area contributed by atoms with Gasteiger partial charge in [0.15, 0.2) is 0 Å². The van der Waals surface area contributed by atoms with Crippen LogP contribution in [-0.2, 0) is 0 Å². The van der Waals surface area contributed by atoms with Gasteiger partial charge in [0.05, 0.1) is 13.2 Å². The Morgan fingerprint density at radius 2 is 1.80 bits per heavy atom. The first-order chi connectivity index (χ1) is 9.58. The third kappa shape index (κ3) is 4.69. The minimum Gasteiger partial charge on any atom is -0.396 e. The Bertz CT molecular complexity index is 375. The molecule has 0 radical (unpaired) electrons. The zero-order valence-electron chi connectivity index (χ0n) is 12.9. The fraction of sp³-hybridized carbons (Fsp3) is 0.625. The van der Waals surface area contributed by atoms with E-state index in [1.165, 1.54) is 0 Å². The predicted octanol–water partition coefficient (Wildman–Crippen LogP) is 2.33. The van der Waals surface area contributed by atoms with Crippen molar-refractivity contribution in [1.82, 2.24) is 0 Å². The molecule has 1 rings (SSSR count). The van der Waals surface area contributed by atoms with Crippen LogP contribution in [-0.4, -0.2) is 43.1 Å². The Hall–Kier alpha value is -1.26. The number of likely N-dealkylation sites (N-methyl/N-ethyl adjacent to an activating group) is 1. The molecule has 0 aromatic heterocycles. The minimum atomic E-state index is -0.0784. The number of hydrogen-bond donors (Lipinski definition) is 3. The second-order valence-corrected chi connectivity index (χ2v) is 5.53. The van der Waals surface area contributed by atoms with Gasteiger partial charge in [0.25, 0.3) is 0 Å². The van der Waals surface area contributed by atoms with Crippen molar-refractivity contribution in [3.05, 3.63) is 24.3 Å². The largest absolute Gasteiger partial charge is 0.396 e. The van der Waals surface area contributed by atoms with E-state index in [4.69, 9.17) is 5.11 Å². The van der Waals surface area contributed by atoms with E-state index in [0.29, 0.717) is 6.54 Å². The number of aliphatic hydroxyl groups is 2. The fourth-order valence-corrected chi connectivity index (χ4v) is 1.99. The summed E-state index contributed by atoms with van der Waals surface area (Å²) in [5.74, 6) is 0. The van der Waals surface area contributed by atoms with Crippen molar-refractivity contribution in [2.24, 2.45) is 5.41 Å². The Morgan fingerprint density at radius 1 is 1.15 bits per heavy atom. The number of rotatable bonds is 9. The molecule has 4 nitrogen and oxygen atoms in total. The molecule has 0 heterocycles. The van der Waals surface area contributed by atoms with Gasteiger partial charge in [0.1, 0.15) is 0 Å². The minimum absolute atomic E-state index is 0.0784. The summed E-state index contributed by atoms with van der Waals surface area (Å²) in [7, 11) is 0. The molecule has 3 N–H and O–H groups in total. The molecule has 0 aliphatic rings. The predicted molar refractivity (Wildman–Crippen MR) is 85.4 cm³/mol. The van der Waals surface area contributed by atoms with E-state index in [1.54, 1.807) is 0 Å². The smallest absolute Gasteiger partial charge is 0.0606 e. The van der Waals surface area contributed by atoms with Crippen LogP contribution in [0.5, 0.6) is 0 Å². The highest BCUT2D eigenvalue weighted by Crippen LogP contribution is 2.22. The van der Waals surface area contributed by atoms with Gasteiger partial charge in [-0.3, -0.25) is 0 Å². The number of anilines is 2. The van der Waals surface area contributed by atoms with Gasteiger partial charge in [0, 0.05) is 36.4 Å². The van der Waals surface area contributed by atoms with E-state index in [1.807, 2.05) is 12.1 Å². The van der Waals surface area contributed by atoms with Gasteiger partial charge in [-0.1, -0.05) is 13.8 Å². The maximum atomic E-state index is 9.40. The molecule has 1 unspecified atom stereocenters. The highest BCUT2D eigenvalue weighted by atomic mass is 16.3. The summed E-state index contributed by atoms with van der Waals surface area (Å²) in [5.41, 5.74) is 2.10. The SMILES string of the molecule is CCN(CCO)c1ccc(NCC(C)(CC)CO)cc1. The summed E-state index contributed by atoms with van der Waals surface area (Å²) in [5, 5.41) is 21.8. The lowest BCUT2D eigenvalue weighted by molar-refractivity contribution is 0.149. The van der Waals surface area contributed by atoms with Gasteiger partial charge >= 0.3 is 0 Å². The molecular weight excluding hydrogens is 252 g/mol. The zero-order chi connectivity index (χ0) is 15.0. The maximum Gasteiger partial charge on any atom is 0.0606 e. The molecule has 114 valence electrons. The average molecular weight is 280 g/mol. The molecule has 1 aromatic carbocycles. The van der Waals surface area contributed by atoms with Crippen LogP contribution in [0.3, 0.4) is 0 Å². The van der Waals surface area contributed by atoms with Gasteiger partial charge in [-0.15, -0.1) is 0 Å². The monoisotopic (exact) mass is 280 g/mol. The molecule has 0 spiro atoms. The van der Waals surface area contributed by atoms with Gasteiger partial charge in [-0.05, 0) is 37.6 Å². The first-order valence-corrected chi connectivity index (χ1v) is 7.39. The van der Waals surface area contributed by atoms with E-state index < -0.39 is 0 Å². The van der Waals surface area contributed by atoms with Crippen LogP contribution >= 0.6 is 0 Å². The van der Waals surface area contributed by atoms with E-state index in [-0.39, 0.29) is 18.6 Å². The lowest BCUT2D eigenvalue weighted by Crippen LogP contribution is -2.29. The van der Waals surface area contributed by atoms with Crippen LogP contribution in [0.2, 0.25) is 0 Å². The maximum absolute atomic E-state index is 9.40. The van der Waals surface area contributed by atoms with Gasteiger partial charge < -0.3 is 20.4 Å². The molecule has 0 saturated heterocycles. The first-order valence-electron chi connectivity index (χ1n) is 7.39. The zero-order valence-corrected chi connectivity index (χ0v) is 12.9. The summed E-state index contributed by atoms with van der Waals surface area (Å²) < 4.78 is 0. The number of hydrogen-bond acceptors (Lipinski definition) is 4. The van der Waals surface area contributed by atoms with Crippen molar-refractivity contribution in [2.45, 2.75) is 27.2 Å². The van der Waals surface area contributed by atoms with Crippen LogP contribution in [0.1, 0.15) is 27.2 Å². The number of nitrogens with one attached hydrogen (secondary N) is 1. The topological polar surface area (TPSA) is 55.7 Å². The van der Waals surface area contributed by atoms with Crippen molar-refractivity contribution in [2.75, 3.05) is 43.1 Å². The number of nitrogens with zero attached hydrogens (tertiary/aromatic N) is 1. The summed E-state index contributed by atoms with van der Waals surface area (Å²) in [6, 6.07) is 8.21. The van der Waals surface area contributed by atoms with E-state index in [9.17, 15) is 5.11 Å². The van der Waals surface area contributed by atoms with E-state index >= 15 is 0 Å². The van der Waals surface area contributed by atoms with Crippen LogP contribution < -0.4 is 10.2 Å². The van der Waals surface area contributed by atoms with Gasteiger partial charge in [0.2, 0.25) is 0 Å². The van der Waals surface area contributed by atoms with Crippen molar-refractivity contribution >= 4 is 11.4 Å². The summed E-state index contributed by atoms with van der Waals surface area (Å²) in [6.07, 6.45) is 0.939. The van der Waals surface area contributed by atoms with Crippen molar-refractivity contribution in [3.63, 3.8) is 0 Å². The second kappa shape index (κ2) is 8.12. The molecule has 1 aromatic rings. The Labute approximate surface area is 122 Å². The number of aliphatic hydroxyl groups excluding tert-OH is 2. The van der Waals surface area contributed by atoms with Crippen LogP contribution in [0.4, 0.5) is 11.4 Å². The molecule has 20 heavy (non-hydrogen) atoms. The van der Waals surface area contributed by atoms with Crippen LogP contribution in [0.15, 0.2) is 24.3 Å². The number of benzene rings is 1. The third-order valence-electron chi connectivity index (χ3n) is 3.94. The lowest BCUT2D eigenvalue weighted by Gasteiger charge is -2.27. The quantitative estimate of drug-likeness (QED) is 0.650. The highest BCUT2D eigenvalue weighted by Gasteiger charge is 2.20. The normalized spacial score (nSPS) is 13.8. The van der Waals surface area contributed by atoms with Crippen molar-refractivity contribution in [3.8, 4) is 0 Å². The standard InChI is InChI=1S/C16H28N2O2/c1-4-16(3,13-20)12-17-14-6-8-15(9-7-14)18(5-2)10-11-19/h6-9,17,19-20H,4-5,10-13H2,1-3H3. The molecule has 1 atom stereocenters. The molecule has 4 heteroatoms. The summed E-state index contributed by atoms with van der Waals surface area (Å²) in [4.78, 5) is 2.13. The first kappa shape index (κ1) is 16.8. The van der Waals surface area contributed by atoms with Crippen LogP contribution in [0, 0.1) is 5.41 Å². The molecule has 0 bridgehead atoms. The third-order valence-corrected chi connectivity index (χ3v) is 3.94.